The van der Waals surface area contributed by atoms with Crippen molar-refractivity contribution in [1.29, 1.82) is 0 Å². The predicted octanol–water partition coefficient (Wildman–Crippen LogP) is 2.06. The number of benzene rings is 1. The van der Waals surface area contributed by atoms with Crippen LogP contribution < -0.4 is 5.73 Å². The van der Waals surface area contributed by atoms with E-state index in [2.05, 4.69) is 11.7 Å². The third-order valence-corrected chi connectivity index (χ3v) is 2.56. The topological polar surface area (TPSA) is 43.8 Å². The SMILES string of the molecule is C=C(CN)c1cc(-c2ccccc2)nn1C. The Bertz CT molecular complexity index is 497. The quantitative estimate of drug-likeness (QED) is 0.848. The molecule has 0 atom stereocenters. The number of nitrogens with two attached hydrogens (primary N) is 1. The molecular formula is C13H15N3. The highest BCUT2D eigenvalue weighted by atomic mass is 15.3. The zero-order chi connectivity index (χ0) is 11.5. The van der Waals surface area contributed by atoms with Crippen molar-refractivity contribution in [2.75, 3.05) is 6.54 Å². The van der Waals surface area contributed by atoms with Gasteiger partial charge in [-0.3, -0.25) is 4.68 Å². The Hall–Kier alpha value is -1.87. The van der Waals surface area contributed by atoms with Crippen molar-refractivity contribution in [3.05, 3.63) is 48.7 Å². The summed E-state index contributed by atoms with van der Waals surface area (Å²) in [6.45, 7) is 4.38. The smallest absolute Gasteiger partial charge is 0.0929 e. The zero-order valence-electron chi connectivity index (χ0n) is 9.35. The molecule has 0 radical (unpaired) electrons. The van der Waals surface area contributed by atoms with Crippen molar-refractivity contribution in [1.82, 2.24) is 9.78 Å². The molecule has 1 heterocycles. The van der Waals surface area contributed by atoms with Crippen LogP contribution in [0.4, 0.5) is 0 Å². The Morgan fingerprint density at radius 2 is 2.06 bits per heavy atom. The molecule has 0 saturated heterocycles. The third-order valence-electron chi connectivity index (χ3n) is 2.56. The molecule has 3 heteroatoms. The van der Waals surface area contributed by atoms with Gasteiger partial charge in [0, 0.05) is 19.2 Å². The number of rotatable bonds is 3. The lowest BCUT2D eigenvalue weighted by molar-refractivity contribution is 0.757. The van der Waals surface area contributed by atoms with Gasteiger partial charge in [0.25, 0.3) is 0 Å². The van der Waals surface area contributed by atoms with Gasteiger partial charge in [-0.05, 0) is 11.6 Å². The minimum atomic E-state index is 0.452. The summed E-state index contributed by atoms with van der Waals surface area (Å²) < 4.78 is 1.82. The number of nitrogens with zero attached hydrogens (tertiary/aromatic N) is 2. The summed E-state index contributed by atoms with van der Waals surface area (Å²) in [4.78, 5) is 0. The van der Waals surface area contributed by atoms with Crippen molar-refractivity contribution in [2.45, 2.75) is 0 Å². The maximum absolute atomic E-state index is 5.58. The first-order valence-electron chi connectivity index (χ1n) is 5.20. The molecule has 0 aliphatic rings. The van der Waals surface area contributed by atoms with Crippen molar-refractivity contribution in [3.8, 4) is 11.3 Å². The van der Waals surface area contributed by atoms with Crippen molar-refractivity contribution in [2.24, 2.45) is 12.8 Å². The number of aryl methyl sites for hydroxylation is 1. The highest BCUT2D eigenvalue weighted by Gasteiger charge is 2.08. The van der Waals surface area contributed by atoms with Crippen LogP contribution in [0.15, 0.2) is 43.0 Å². The van der Waals surface area contributed by atoms with Crippen LogP contribution in [0.2, 0.25) is 0 Å². The van der Waals surface area contributed by atoms with Crippen LogP contribution in [0.3, 0.4) is 0 Å². The van der Waals surface area contributed by atoms with Gasteiger partial charge in [0.05, 0.1) is 11.4 Å². The van der Waals surface area contributed by atoms with E-state index < -0.39 is 0 Å². The molecule has 0 unspecified atom stereocenters. The van der Waals surface area contributed by atoms with E-state index in [-0.39, 0.29) is 0 Å². The highest BCUT2D eigenvalue weighted by Crippen LogP contribution is 2.21. The van der Waals surface area contributed by atoms with E-state index in [1.807, 2.05) is 48.1 Å². The molecule has 0 aliphatic carbocycles. The molecule has 0 aliphatic heterocycles. The first-order chi connectivity index (χ1) is 7.72. The fourth-order valence-corrected chi connectivity index (χ4v) is 1.65. The predicted molar refractivity (Wildman–Crippen MR) is 66.7 cm³/mol. The molecule has 16 heavy (non-hydrogen) atoms. The molecule has 0 saturated carbocycles. The zero-order valence-corrected chi connectivity index (χ0v) is 9.35. The average Bonchev–Trinajstić information content (AvgIpc) is 2.71. The number of hydrogen-bond donors (Lipinski definition) is 1. The van der Waals surface area contributed by atoms with Crippen LogP contribution in [0.1, 0.15) is 5.69 Å². The number of hydrogen-bond acceptors (Lipinski definition) is 2. The first kappa shape index (κ1) is 10.6. The Morgan fingerprint density at radius 3 is 2.69 bits per heavy atom. The maximum atomic E-state index is 5.58. The maximum Gasteiger partial charge on any atom is 0.0929 e. The van der Waals surface area contributed by atoms with Crippen molar-refractivity contribution < 1.29 is 0 Å². The van der Waals surface area contributed by atoms with Crippen LogP contribution >= 0.6 is 0 Å². The Balaban J connectivity index is 2.42. The van der Waals surface area contributed by atoms with E-state index >= 15 is 0 Å². The van der Waals surface area contributed by atoms with Crippen LogP contribution in [0.5, 0.6) is 0 Å². The van der Waals surface area contributed by atoms with Gasteiger partial charge in [-0.15, -0.1) is 0 Å². The molecule has 0 bridgehead atoms. The molecule has 1 aromatic heterocycles. The molecule has 82 valence electrons. The summed E-state index contributed by atoms with van der Waals surface area (Å²) in [5.74, 6) is 0. The van der Waals surface area contributed by atoms with Gasteiger partial charge in [0.15, 0.2) is 0 Å². The second kappa shape index (κ2) is 4.33. The Morgan fingerprint density at radius 1 is 1.38 bits per heavy atom. The second-order valence-corrected chi connectivity index (χ2v) is 3.71. The van der Waals surface area contributed by atoms with Gasteiger partial charge < -0.3 is 5.73 Å². The van der Waals surface area contributed by atoms with E-state index in [9.17, 15) is 0 Å². The molecular weight excluding hydrogens is 198 g/mol. The van der Waals surface area contributed by atoms with Gasteiger partial charge in [0.1, 0.15) is 0 Å². The minimum absolute atomic E-state index is 0.452. The van der Waals surface area contributed by atoms with Gasteiger partial charge >= 0.3 is 0 Å². The summed E-state index contributed by atoms with van der Waals surface area (Å²) in [6.07, 6.45) is 0. The molecule has 0 spiro atoms. The van der Waals surface area contributed by atoms with Crippen LogP contribution in [0.25, 0.3) is 16.8 Å². The van der Waals surface area contributed by atoms with Crippen molar-refractivity contribution in [3.63, 3.8) is 0 Å². The van der Waals surface area contributed by atoms with Gasteiger partial charge in [-0.2, -0.15) is 5.10 Å². The van der Waals surface area contributed by atoms with E-state index in [4.69, 9.17) is 5.73 Å². The van der Waals surface area contributed by atoms with E-state index in [0.29, 0.717) is 6.54 Å². The summed E-state index contributed by atoms with van der Waals surface area (Å²) >= 11 is 0. The molecule has 2 N–H and O–H groups in total. The van der Waals surface area contributed by atoms with Gasteiger partial charge in [-0.25, -0.2) is 0 Å². The van der Waals surface area contributed by atoms with Crippen LogP contribution in [-0.2, 0) is 7.05 Å². The highest BCUT2D eigenvalue weighted by molar-refractivity contribution is 5.68. The standard InChI is InChI=1S/C13H15N3/c1-10(9-14)13-8-12(15-16(13)2)11-6-4-3-5-7-11/h3-8H,1,9,14H2,2H3. The molecule has 2 aromatic rings. The fourth-order valence-electron chi connectivity index (χ4n) is 1.65. The fraction of sp³-hybridized carbons (Fsp3) is 0.154. The molecule has 0 amide bonds. The summed E-state index contributed by atoms with van der Waals surface area (Å²) in [7, 11) is 1.91. The summed E-state index contributed by atoms with van der Waals surface area (Å²) in [5.41, 5.74) is 9.53. The Labute approximate surface area is 95.2 Å². The van der Waals surface area contributed by atoms with E-state index in [1.54, 1.807) is 0 Å². The lowest BCUT2D eigenvalue weighted by Gasteiger charge is -2.00. The normalized spacial score (nSPS) is 10.4. The lowest BCUT2D eigenvalue weighted by atomic mass is 10.1. The minimum Gasteiger partial charge on any atom is -0.326 e. The summed E-state index contributed by atoms with van der Waals surface area (Å²) in [6, 6.07) is 12.1. The van der Waals surface area contributed by atoms with Gasteiger partial charge in [-0.1, -0.05) is 36.9 Å². The monoisotopic (exact) mass is 213 g/mol. The largest absolute Gasteiger partial charge is 0.326 e. The molecule has 1 aromatic carbocycles. The lowest BCUT2D eigenvalue weighted by Crippen LogP contribution is -2.05. The molecule has 3 nitrogen and oxygen atoms in total. The molecule has 2 rings (SSSR count). The van der Waals surface area contributed by atoms with Gasteiger partial charge in [0.2, 0.25) is 0 Å². The first-order valence-corrected chi connectivity index (χ1v) is 5.20. The third kappa shape index (κ3) is 1.90. The average molecular weight is 213 g/mol. The number of aromatic nitrogens is 2. The van der Waals surface area contributed by atoms with Crippen molar-refractivity contribution >= 4 is 5.57 Å². The van der Waals surface area contributed by atoms with E-state index in [0.717, 1.165) is 22.5 Å². The Kier molecular flexibility index (Phi) is 2.88. The van der Waals surface area contributed by atoms with Crippen LogP contribution in [-0.4, -0.2) is 16.3 Å². The summed E-state index contributed by atoms with van der Waals surface area (Å²) in [5, 5.41) is 4.45. The molecule has 0 fully saturated rings. The second-order valence-electron chi connectivity index (χ2n) is 3.71. The van der Waals surface area contributed by atoms with Crippen LogP contribution in [0, 0.1) is 0 Å². The van der Waals surface area contributed by atoms with E-state index in [1.165, 1.54) is 0 Å².